The number of nitrogens with zero attached hydrogens (tertiary/aromatic N) is 1. The number of anilines is 1. The molecule has 0 bridgehead atoms. The molecule has 2 aromatic carbocycles. The minimum atomic E-state index is -0.0197. The Morgan fingerprint density at radius 1 is 1.07 bits per heavy atom. The monoisotopic (exact) mass is 394 g/mol. The standard InChI is InChI=1S/C23H26N2O4/c1-28-18-9-10-19-20(14-22(26)24-21(19)13-18)16-5-7-17(8-6-16)29-15-23(27)25-11-3-2-4-12-25/h5-10,13,20H,2-4,11-12,14-15H2,1H3,(H,24,26). The molecule has 1 saturated heterocycles. The van der Waals surface area contributed by atoms with E-state index in [1.807, 2.05) is 47.4 Å². The van der Waals surface area contributed by atoms with Crippen molar-refractivity contribution < 1.29 is 19.1 Å². The molecule has 6 heteroatoms. The summed E-state index contributed by atoms with van der Waals surface area (Å²) in [5.74, 6) is 1.39. The van der Waals surface area contributed by atoms with Crippen LogP contribution in [0.5, 0.6) is 11.5 Å². The molecular weight excluding hydrogens is 368 g/mol. The van der Waals surface area contributed by atoms with Crippen LogP contribution in [-0.4, -0.2) is 43.5 Å². The van der Waals surface area contributed by atoms with Gasteiger partial charge in [-0.05, 0) is 48.6 Å². The molecule has 0 saturated carbocycles. The molecule has 1 unspecified atom stereocenters. The lowest BCUT2D eigenvalue weighted by Gasteiger charge is -2.27. The van der Waals surface area contributed by atoms with Crippen molar-refractivity contribution in [2.45, 2.75) is 31.6 Å². The molecule has 1 N–H and O–H groups in total. The van der Waals surface area contributed by atoms with Gasteiger partial charge in [0.2, 0.25) is 5.91 Å². The summed E-state index contributed by atoms with van der Waals surface area (Å²) in [6.45, 7) is 1.72. The van der Waals surface area contributed by atoms with Crippen LogP contribution in [0, 0.1) is 0 Å². The Kier molecular flexibility index (Phi) is 5.69. The van der Waals surface area contributed by atoms with E-state index in [0.717, 1.165) is 42.7 Å². The fourth-order valence-corrected chi connectivity index (χ4v) is 4.04. The van der Waals surface area contributed by atoms with E-state index in [1.54, 1.807) is 7.11 Å². The van der Waals surface area contributed by atoms with Crippen molar-refractivity contribution in [3.8, 4) is 11.5 Å². The van der Waals surface area contributed by atoms with Crippen LogP contribution < -0.4 is 14.8 Å². The third-order valence-corrected chi connectivity index (χ3v) is 5.65. The average Bonchev–Trinajstić information content (AvgIpc) is 2.77. The number of piperidine rings is 1. The first-order chi connectivity index (χ1) is 14.1. The predicted octanol–water partition coefficient (Wildman–Crippen LogP) is 3.56. The van der Waals surface area contributed by atoms with Crippen LogP contribution in [-0.2, 0) is 9.59 Å². The van der Waals surface area contributed by atoms with Crippen LogP contribution in [0.25, 0.3) is 0 Å². The van der Waals surface area contributed by atoms with E-state index in [-0.39, 0.29) is 24.3 Å². The summed E-state index contributed by atoms with van der Waals surface area (Å²) < 4.78 is 11.0. The maximum absolute atomic E-state index is 12.3. The average molecular weight is 394 g/mol. The molecule has 2 heterocycles. The van der Waals surface area contributed by atoms with Gasteiger partial charge in [0.05, 0.1) is 7.11 Å². The van der Waals surface area contributed by atoms with Gasteiger partial charge in [-0.15, -0.1) is 0 Å². The number of likely N-dealkylation sites (tertiary alicyclic amines) is 1. The van der Waals surface area contributed by atoms with Crippen molar-refractivity contribution in [2.24, 2.45) is 0 Å². The molecule has 0 aliphatic carbocycles. The van der Waals surface area contributed by atoms with E-state index in [9.17, 15) is 9.59 Å². The smallest absolute Gasteiger partial charge is 0.260 e. The second-order valence-corrected chi connectivity index (χ2v) is 7.56. The highest BCUT2D eigenvalue weighted by Crippen LogP contribution is 2.39. The zero-order valence-electron chi connectivity index (χ0n) is 16.6. The number of hydrogen-bond donors (Lipinski definition) is 1. The zero-order valence-corrected chi connectivity index (χ0v) is 16.6. The second kappa shape index (κ2) is 8.55. The molecule has 0 spiro atoms. The number of carbonyl (C=O) groups excluding carboxylic acids is 2. The second-order valence-electron chi connectivity index (χ2n) is 7.56. The van der Waals surface area contributed by atoms with Gasteiger partial charge >= 0.3 is 0 Å². The van der Waals surface area contributed by atoms with Gasteiger partial charge in [0.15, 0.2) is 6.61 Å². The lowest BCUT2D eigenvalue weighted by Crippen LogP contribution is -2.38. The van der Waals surface area contributed by atoms with Crippen molar-refractivity contribution in [3.63, 3.8) is 0 Å². The summed E-state index contributed by atoms with van der Waals surface area (Å²) in [4.78, 5) is 26.3. The first-order valence-corrected chi connectivity index (χ1v) is 10.1. The number of ether oxygens (including phenoxy) is 2. The van der Waals surface area contributed by atoms with Gasteiger partial charge in [-0.2, -0.15) is 0 Å². The number of amides is 2. The lowest BCUT2D eigenvalue weighted by atomic mass is 9.85. The maximum Gasteiger partial charge on any atom is 0.260 e. The van der Waals surface area contributed by atoms with Crippen molar-refractivity contribution in [3.05, 3.63) is 53.6 Å². The molecule has 0 radical (unpaired) electrons. The van der Waals surface area contributed by atoms with Gasteiger partial charge in [-0.3, -0.25) is 9.59 Å². The van der Waals surface area contributed by atoms with Crippen LogP contribution in [0.3, 0.4) is 0 Å². The van der Waals surface area contributed by atoms with Crippen LogP contribution in [0.2, 0.25) is 0 Å². The van der Waals surface area contributed by atoms with Crippen LogP contribution in [0.1, 0.15) is 42.7 Å². The van der Waals surface area contributed by atoms with Crippen LogP contribution in [0.15, 0.2) is 42.5 Å². The molecule has 4 rings (SSSR count). The van der Waals surface area contributed by atoms with Crippen molar-refractivity contribution >= 4 is 17.5 Å². The summed E-state index contributed by atoms with van der Waals surface area (Å²) in [5.41, 5.74) is 2.90. The fraction of sp³-hybridized carbons (Fsp3) is 0.391. The van der Waals surface area contributed by atoms with E-state index >= 15 is 0 Å². The number of methoxy groups -OCH3 is 1. The highest BCUT2D eigenvalue weighted by atomic mass is 16.5. The molecule has 2 aliphatic heterocycles. The molecule has 1 fully saturated rings. The predicted molar refractivity (Wildman–Crippen MR) is 110 cm³/mol. The van der Waals surface area contributed by atoms with E-state index in [2.05, 4.69) is 5.32 Å². The first kappa shape index (κ1) is 19.3. The molecule has 6 nitrogen and oxygen atoms in total. The van der Waals surface area contributed by atoms with Gasteiger partial charge < -0.3 is 19.7 Å². The quantitative estimate of drug-likeness (QED) is 0.842. The van der Waals surface area contributed by atoms with Crippen molar-refractivity contribution in [1.82, 2.24) is 4.90 Å². The van der Waals surface area contributed by atoms with Gasteiger partial charge in [-0.25, -0.2) is 0 Å². The first-order valence-electron chi connectivity index (χ1n) is 10.1. The van der Waals surface area contributed by atoms with E-state index < -0.39 is 0 Å². The Morgan fingerprint density at radius 3 is 2.52 bits per heavy atom. The van der Waals surface area contributed by atoms with Crippen LogP contribution >= 0.6 is 0 Å². The molecule has 2 aromatic rings. The van der Waals surface area contributed by atoms with E-state index in [1.165, 1.54) is 6.42 Å². The van der Waals surface area contributed by atoms with E-state index in [0.29, 0.717) is 17.9 Å². The highest BCUT2D eigenvalue weighted by Gasteiger charge is 2.27. The molecular formula is C23H26N2O4. The summed E-state index contributed by atoms with van der Waals surface area (Å²) in [7, 11) is 1.61. The number of carbonyl (C=O) groups is 2. The minimum absolute atomic E-state index is 0.0109. The number of hydrogen-bond acceptors (Lipinski definition) is 4. The Balaban J connectivity index is 1.44. The van der Waals surface area contributed by atoms with Crippen molar-refractivity contribution in [2.75, 3.05) is 32.1 Å². The van der Waals surface area contributed by atoms with Gasteiger partial charge in [0.25, 0.3) is 5.91 Å². The molecule has 152 valence electrons. The summed E-state index contributed by atoms with van der Waals surface area (Å²) in [5, 5.41) is 2.92. The Hall–Kier alpha value is -3.02. The van der Waals surface area contributed by atoms with Crippen molar-refractivity contribution in [1.29, 1.82) is 0 Å². The lowest BCUT2D eigenvalue weighted by molar-refractivity contribution is -0.134. The third-order valence-electron chi connectivity index (χ3n) is 5.65. The topological polar surface area (TPSA) is 67.9 Å². The van der Waals surface area contributed by atoms with Gasteiger partial charge in [-0.1, -0.05) is 18.2 Å². The molecule has 2 amide bonds. The summed E-state index contributed by atoms with van der Waals surface area (Å²) in [6, 6.07) is 13.4. The molecule has 1 atom stereocenters. The largest absolute Gasteiger partial charge is 0.497 e. The SMILES string of the molecule is COc1ccc2c(c1)NC(=O)CC2c1ccc(OCC(=O)N2CCCCC2)cc1. The van der Waals surface area contributed by atoms with Gasteiger partial charge in [0, 0.05) is 37.2 Å². The van der Waals surface area contributed by atoms with Crippen LogP contribution in [0.4, 0.5) is 5.69 Å². The minimum Gasteiger partial charge on any atom is -0.497 e. The number of nitrogens with one attached hydrogen (secondary N) is 1. The third kappa shape index (κ3) is 4.36. The molecule has 2 aliphatic rings. The fourth-order valence-electron chi connectivity index (χ4n) is 4.04. The number of rotatable bonds is 5. The highest BCUT2D eigenvalue weighted by molar-refractivity contribution is 5.95. The summed E-state index contributed by atoms with van der Waals surface area (Å²) in [6.07, 6.45) is 3.74. The molecule has 0 aromatic heterocycles. The van der Waals surface area contributed by atoms with E-state index in [4.69, 9.17) is 9.47 Å². The number of benzene rings is 2. The maximum atomic E-state index is 12.3. The Bertz CT molecular complexity index is 888. The zero-order chi connectivity index (χ0) is 20.2. The normalized spacial score (nSPS) is 18.6. The Morgan fingerprint density at radius 2 is 1.79 bits per heavy atom. The van der Waals surface area contributed by atoms with Gasteiger partial charge in [0.1, 0.15) is 11.5 Å². The molecule has 29 heavy (non-hydrogen) atoms. The Labute approximate surface area is 170 Å². The summed E-state index contributed by atoms with van der Waals surface area (Å²) >= 11 is 0. The number of fused-ring (bicyclic) bond motifs is 1.